The van der Waals surface area contributed by atoms with Crippen molar-refractivity contribution in [3.8, 4) is 0 Å². The molecule has 0 radical (unpaired) electrons. The van der Waals surface area contributed by atoms with Gasteiger partial charge in [0.2, 0.25) is 0 Å². The van der Waals surface area contributed by atoms with Crippen LogP contribution in [0.4, 0.5) is 17.1 Å². The standard InChI is InChI=1S/C20H18ClN3S/c21-19-9-5-4-6-15(19)14-22-20(25)24-18-12-10-17(11-13-18)23-16-7-2-1-3-8-16/h1-13,23H,14H2,(H2,22,24,25). The number of para-hydroxylation sites is 1. The number of hydrogen-bond acceptors (Lipinski definition) is 2. The first-order chi connectivity index (χ1) is 12.2. The van der Waals surface area contributed by atoms with Crippen molar-refractivity contribution in [1.29, 1.82) is 0 Å². The van der Waals surface area contributed by atoms with Gasteiger partial charge in [-0.15, -0.1) is 0 Å². The van der Waals surface area contributed by atoms with Crippen LogP contribution in [0.25, 0.3) is 0 Å². The Labute approximate surface area is 158 Å². The summed E-state index contributed by atoms with van der Waals surface area (Å²) < 4.78 is 0. The van der Waals surface area contributed by atoms with Crippen LogP contribution in [0.15, 0.2) is 78.9 Å². The van der Waals surface area contributed by atoms with Gasteiger partial charge in [-0.05, 0) is 60.2 Å². The van der Waals surface area contributed by atoms with E-state index in [0.29, 0.717) is 11.7 Å². The Balaban J connectivity index is 1.52. The van der Waals surface area contributed by atoms with Crippen molar-refractivity contribution in [3.63, 3.8) is 0 Å². The minimum Gasteiger partial charge on any atom is -0.358 e. The van der Waals surface area contributed by atoms with E-state index >= 15 is 0 Å². The molecule has 0 heterocycles. The van der Waals surface area contributed by atoms with Crippen LogP contribution in [0.3, 0.4) is 0 Å². The summed E-state index contributed by atoms with van der Waals surface area (Å²) in [4.78, 5) is 0. The van der Waals surface area contributed by atoms with E-state index in [-0.39, 0.29) is 0 Å². The summed E-state index contributed by atoms with van der Waals surface area (Å²) in [5.41, 5.74) is 4.01. The fraction of sp³-hybridized carbons (Fsp3) is 0.0500. The van der Waals surface area contributed by atoms with E-state index in [1.807, 2.05) is 78.9 Å². The monoisotopic (exact) mass is 367 g/mol. The van der Waals surface area contributed by atoms with Gasteiger partial charge in [0.05, 0.1) is 0 Å². The second kappa shape index (κ2) is 8.51. The predicted molar refractivity (Wildman–Crippen MR) is 111 cm³/mol. The van der Waals surface area contributed by atoms with Crippen molar-refractivity contribution in [3.05, 3.63) is 89.4 Å². The van der Waals surface area contributed by atoms with Crippen LogP contribution in [-0.2, 0) is 6.54 Å². The van der Waals surface area contributed by atoms with Crippen LogP contribution in [-0.4, -0.2) is 5.11 Å². The van der Waals surface area contributed by atoms with E-state index in [0.717, 1.165) is 27.6 Å². The van der Waals surface area contributed by atoms with Crippen molar-refractivity contribution in [1.82, 2.24) is 5.32 Å². The average Bonchev–Trinajstić information content (AvgIpc) is 2.64. The van der Waals surface area contributed by atoms with Gasteiger partial charge in [-0.1, -0.05) is 48.0 Å². The summed E-state index contributed by atoms with van der Waals surface area (Å²) in [5, 5.41) is 11.0. The third-order valence-electron chi connectivity index (χ3n) is 3.60. The first-order valence-electron chi connectivity index (χ1n) is 7.91. The number of anilines is 3. The lowest BCUT2D eigenvalue weighted by molar-refractivity contribution is 0.926. The molecule has 0 saturated heterocycles. The van der Waals surface area contributed by atoms with Gasteiger partial charge in [0.15, 0.2) is 5.11 Å². The Bertz CT molecular complexity index is 835. The molecule has 0 aliphatic carbocycles. The third kappa shape index (κ3) is 5.21. The first kappa shape index (κ1) is 17.3. The van der Waals surface area contributed by atoms with Crippen LogP contribution >= 0.6 is 23.8 Å². The molecule has 0 spiro atoms. The molecule has 5 heteroatoms. The van der Waals surface area contributed by atoms with E-state index in [2.05, 4.69) is 16.0 Å². The molecule has 0 bridgehead atoms. The molecular formula is C20H18ClN3S. The number of rotatable bonds is 5. The van der Waals surface area contributed by atoms with Crippen LogP contribution in [0, 0.1) is 0 Å². The molecular weight excluding hydrogens is 350 g/mol. The molecule has 3 nitrogen and oxygen atoms in total. The lowest BCUT2D eigenvalue weighted by Crippen LogP contribution is -2.27. The van der Waals surface area contributed by atoms with Crippen molar-refractivity contribution < 1.29 is 0 Å². The maximum absolute atomic E-state index is 6.14. The normalized spacial score (nSPS) is 10.1. The highest BCUT2D eigenvalue weighted by atomic mass is 35.5. The molecule has 3 aromatic rings. The number of benzene rings is 3. The molecule has 3 aromatic carbocycles. The summed E-state index contributed by atoms with van der Waals surface area (Å²) >= 11 is 11.5. The quantitative estimate of drug-likeness (QED) is 0.515. The van der Waals surface area contributed by atoms with Crippen LogP contribution in [0.2, 0.25) is 5.02 Å². The molecule has 3 N–H and O–H groups in total. The Hall–Kier alpha value is -2.56. The van der Waals surface area contributed by atoms with Crippen LogP contribution in [0.5, 0.6) is 0 Å². The number of halogens is 1. The Morgan fingerprint density at radius 3 is 2.08 bits per heavy atom. The molecule has 0 saturated carbocycles. The largest absolute Gasteiger partial charge is 0.358 e. The maximum atomic E-state index is 6.14. The van der Waals surface area contributed by atoms with Crippen molar-refractivity contribution in [2.24, 2.45) is 0 Å². The van der Waals surface area contributed by atoms with E-state index in [1.165, 1.54) is 0 Å². The second-order valence-electron chi connectivity index (χ2n) is 5.47. The van der Waals surface area contributed by atoms with Crippen molar-refractivity contribution >= 4 is 46.0 Å². The Morgan fingerprint density at radius 1 is 0.760 bits per heavy atom. The Kier molecular flexibility index (Phi) is 5.88. The smallest absolute Gasteiger partial charge is 0.171 e. The minimum atomic E-state index is 0.559. The van der Waals surface area contributed by atoms with E-state index in [1.54, 1.807) is 0 Å². The summed E-state index contributed by atoms with van der Waals surface area (Å²) in [5.74, 6) is 0. The zero-order valence-corrected chi connectivity index (χ0v) is 15.1. The fourth-order valence-electron chi connectivity index (χ4n) is 2.32. The highest BCUT2D eigenvalue weighted by Crippen LogP contribution is 2.19. The lowest BCUT2D eigenvalue weighted by atomic mass is 10.2. The molecule has 126 valence electrons. The average molecular weight is 368 g/mol. The molecule has 0 aliphatic heterocycles. The van der Waals surface area contributed by atoms with Crippen LogP contribution in [0.1, 0.15) is 5.56 Å². The zero-order chi connectivity index (χ0) is 17.5. The van der Waals surface area contributed by atoms with Gasteiger partial charge in [-0.25, -0.2) is 0 Å². The topological polar surface area (TPSA) is 36.1 Å². The summed E-state index contributed by atoms with van der Waals surface area (Å²) in [6.07, 6.45) is 0. The molecule has 0 fully saturated rings. The maximum Gasteiger partial charge on any atom is 0.171 e. The van der Waals surface area contributed by atoms with Crippen LogP contribution < -0.4 is 16.0 Å². The highest BCUT2D eigenvalue weighted by molar-refractivity contribution is 7.80. The highest BCUT2D eigenvalue weighted by Gasteiger charge is 2.02. The van der Waals surface area contributed by atoms with Crippen molar-refractivity contribution in [2.45, 2.75) is 6.54 Å². The van der Waals surface area contributed by atoms with Gasteiger partial charge in [-0.3, -0.25) is 0 Å². The number of hydrogen-bond donors (Lipinski definition) is 3. The van der Waals surface area contributed by atoms with E-state index in [4.69, 9.17) is 23.8 Å². The fourth-order valence-corrected chi connectivity index (χ4v) is 2.71. The predicted octanol–water partition coefficient (Wildman–Crippen LogP) is 5.57. The van der Waals surface area contributed by atoms with Gasteiger partial charge < -0.3 is 16.0 Å². The summed E-state index contributed by atoms with van der Waals surface area (Å²) in [6.45, 7) is 0.582. The minimum absolute atomic E-state index is 0.559. The summed E-state index contributed by atoms with van der Waals surface area (Å²) in [6, 6.07) is 25.7. The zero-order valence-electron chi connectivity index (χ0n) is 13.5. The van der Waals surface area contributed by atoms with Crippen molar-refractivity contribution in [2.75, 3.05) is 10.6 Å². The Morgan fingerprint density at radius 2 is 1.36 bits per heavy atom. The molecule has 3 rings (SSSR count). The number of nitrogens with one attached hydrogen (secondary N) is 3. The van der Waals surface area contributed by atoms with Gasteiger partial charge in [0.1, 0.15) is 0 Å². The van der Waals surface area contributed by atoms with Gasteiger partial charge in [0.25, 0.3) is 0 Å². The van der Waals surface area contributed by atoms with Gasteiger partial charge >= 0.3 is 0 Å². The molecule has 0 unspecified atom stereocenters. The molecule has 25 heavy (non-hydrogen) atoms. The van der Waals surface area contributed by atoms with Gasteiger partial charge in [-0.2, -0.15) is 0 Å². The van der Waals surface area contributed by atoms with E-state index < -0.39 is 0 Å². The molecule has 0 aromatic heterocycles. The van der Waals surface area contributed by atoms with Gasteiger partial charge in [0, 0.05) is 28.6 Å². The number of thiocarbonyl (C=S) groups is 1. The lowest BCUT2D eigenvalue weighted by Gasteiger charge is -2.12. The first-order valence-corrected chi connectivity index (χ1v) is 8.70. The third-order valence-corrected chi connectivity index (χ3v) is 4.22. The molecule has 0 aliphatic rings. The molecule has 0 amide bonds. The summed E-state index contributed by atoms with van der Waals surface area (Å²) in [7, 11) is 0. The van der Waals surface area contributed by atoms with E-state index in [9.17, 15) is 0 Å². The second-order valence-corrected chi connectivity index (χ2v) is 6.28. The molecule has 0 atom stereocenters. The SMILES string of the molecule is S=C(NCc1ccccc1Cl)Nc1ccc(Nc2ccccc2)cc1.